The highest BCUT2D eigenvalue weighted by Gasteiger charge is 1.99. The Balaban J connectivity index is 3.16. The summed E-state index contributed by atoms with van der Waals surface area (Å²) in [6.07, 6.45) is -0.172. The van der Waals surface area contributed by atoms with Gasteiger partial charge in [-0.3, -0.25) is 4.79 Å². The average Bonchev–Trinajstić information content (AvgIpc) is 1.89. The predicted molar refractivity (Wildman–Crippen MR) is 20.1 cm³/mol. The van der Waals surface area contributed by atoms with Crippen LogP contribution in [0.25, 0.3) is 0 Å². The molecule has 0 aliphatic carbocycles. The summed E-state index contributed by atoms with van der Waals surface area (Å²) in [5.41, 5.74) is 0. The van der Waals surface area contributed by atoms with Crippen LogP contribution in [0.15, 0.2) is 5.34 Å². The molecule has 50 valence electrons. The number of carbonyl (C=O) groups is 2. The molecule has 0 bridgehead atoms. The van der Waals surface area contributed by atoms with E-state index in [0.717, 1.165) is 0 Å². The zero-order chi connectivity index (χ0) is 7.11. The Kier molecular flexibility index (Phi) is 3.88. The van der Waals surface area contributed by atoms with Crippen molar-refractivity contribution in [2.45, 2.75) is 0 Å². The molecular weight excluding hydrogens is 134 g/mol. The predicted octanol–water partition coefficient (Wildman–Crippen LogP) is -0.727. The third kappa shape index (κ3) is 4.35. The maximum atomic E-state index is 9.75. The average molecular weight is 135 g/mol. The SMILES string of the molecule is O=CC(=O)OOON=O. The molecule has 0 aromatic rings. The van der Waals surface area contributed by atoms with Crippen LogP contribution in [0.3, 0.4) is 0 Å². The summed E-state index contributed by atoms with van der Waals surface area (Å²) in [5.74, 6) is -1.32. The van der Waals surface area contributed by atoms with Crippen molar-refractivity contribution >= 4 is 12.3 Å². The van der Waals surface area contributed by atoms with E-state index >= 15 is 0 Å². The van der Waals surface area contributed by atoms with Gasteiger partial charge in [-0.1, -0.05) is 0 Å². The third-order valence-corrected chi connectivity index (χ3v) is 0.273. The molecule has 7 nitrogen and oxygen atoms in total. The van der Waals surface area contributed by atoms with Crippen LogP contribution in [0.5, 0.6) is 0 Å². The molecule has 0 atom stereocenters. The molecule has 7 heteroatoms. The minimum absolute atomic E-state index is 0.172. The van der Waals surface area contributed by atoms with E-state index in [4.69, 9.17) is 4.91 Å². The number of hydrogen-bond donors (Lipinski definition) is 0. The summed E-state index contributed by atoms with van der Waals surface area (Å²) in [4.78, 5) is 34.7. The lowest BCUT2D eigenvalue weighted by Gasteiger charge is -1.87. The summed E-state index contributed by atoms with van der Waals surface area (Å²) < 4.78 is 0. The highest BCUT2D eigenvalue weighted by Crippen LogP contribution is 1.79. The second kappa shape index (κ2) is 4.65. The minimum Gasteiger partial charge on any atom is -0.290 e. The Morgan fingerprint density at radius 2 is 2.22 bits per heavy atom. The smallest absolute Gasteiger partial charge is 0.290 e. The lowest BCUT2D eigenvalue weighted by atomic mass is 10.8. The van der Waals surface area contributed by atoms with Crippen LogP contribution < -0.4 is 0 Å². The highest BCUT2D eigenvalue weighted by molar-refractivity contribution is 6.20. The number of hydrogen-bond acceptors (Lipinski definition) is 7. The molecule has 0 radical (unpaired) electrons. The molecule has 9 heavy (non-hydrogen) atoms. The Morgan fingerprint density at radius 1 is 1.56 bits per heavy atom. The lowest BCUT2D eigenvalue weighted by Crippen LogP contribution is -2.04. The minimum atomic E-state index is -1.32. The zero-order valence-electron chi connectivity index (χ0n) is 3.97. The Labute approximate surface area is 48.3 Å². The maximum Gasteiger partial charge on any atom is 0.409 e. The summed E-state index contributed by atoms with van der Waals surface area (Å²) >= 11 is 0. The maximum absolute atomic E-state index is 9.75. The zero-order valence-corrected chi connectivity index (χ0v) is 3.97. The van der Waals surface area contributed by atoms with Crippen LogP contribution in [-0.2, 0) is 24.5 Å². The molecular formula is C2HNO6. The Hall–Kier alpha value is -1.50. The Bertz CT molecular complexity index is 120. The molecule has 0 aliphatic rings. The standard InChI is InChI=1S/C2HNO6/c4-1-2(5)7-9-8-3-6/h1H. The molecule has 0 aromatic carbocycles. The summed E-state index contributed by atoms with van der Waals surface area (Å²) in [5, 5.41) is 4.95. The monoisotopic (exact) mass is 135 g/mol. The van der Waals surface area contributed by atoms with Crippen molar-refractivity contribution in [1.29, 1.82) is 0 Å². The topological polar surface area (TPSA) is 91.3 Å². The summed E-state index contributed by atoms with van der Waals surface area (Å²) in [7, 11) is 0. The normalized spacial score (nSPS) is 7.56. The van der Waals surface area contributed by atoms with Gasteiger partial charge in [0, 0.05) is 0 Å². The number of carbonyl (C=O) groups excluding carboxylic acids is 2. The van der Waals surface area contributed by atoms with Crippen LogP contribution in [0, 0.1) is 4.91 Å². The van der Waals surface area contributed by atoms with Gasteiger partial charge in [0.25, 0.3) is 0 Å². The molecule has 0 aliphatic heterocycles. The van der Waals surface area contributed by atoms with Gasteiger partial charge in [0.1, 0.15) is 0 Å². The van der Waals surface area contributed by atoms with E-state index in [0.29, 0.717) is 0 Å². The second-order valence-corrected chi connectivity index (χ2v) is 0.737. The molecule has 0 fully saturated rings. The van der Waals surface area contributed by atoms with Crippen molar-refractivity contribution in [3.8, 4) is 0 Å². The summed E-state index contributed by atoms with van der Waals surface area (Å²) in [6.45, 7) is 0. The molecule has 0 saturated heterocycles. The molecule has 0 unspecified atom stereocenters. The van der Waals surface area contributed by atoms with E-state index in [9.17, 15) is 9.59 Å². The van der Waals surface area contributed by atoms with Crippen molar-refractivity contribution in [2.75, 3.05) is 0 Å². The second-order valence-electron chi connectivity index (χ2n) is 0.737. The highest BCUT2D eigenvalue weighted by atomic mass is 17.5. The number of aldehydes is 1. The van der Waals surface area contributed by atoms with Crippen LogP contribution in [0.4, 0.5) is 0 Å². The van der Waals surface area contributed by atoms with Crippen molar-refractivity contribution in [3.05, 3.63) is 4.91 Å². The van der Waals surface area contributed by atoms with Gasteiger partial charge in [0.2, 0.25) is 6.29 Å². The third-order valence-electron chi connectivity index (χ3n) is 0.273. The van der Waals surface area contributed by atoms with E-state index in [2.05, 4.69) is 14.9 Å². The van der Waals surface area contributed by atoms with Gasteiger partial charge in [0.15, 0.2) is 5.34 Å². The molecule has 0 aromatic heterocycles. The molecule has 0 rings (SSSR count). The molecule has 0 N–H and O–H groups in total. The molecule has 0 saturated carbocycles. The van der Waals surface area contributed by atoms with Crippen LogP contribution >= 0.6 is 0 Å². The van der Waals surface area contributed by atoms with E-state index in [1.54, 1.807) is 5.34 Å². The van der Waals surface area contributed by atoms with Crippen molar-refractivity contribution < 1.29 is 24.5 Å². The van der Waals surface area contributed by atoms with Crippen LogP contribution in [-0.4, -0.2) is 12.3 Å². The number of nitrogens with zero attached hydrogens (tertiary/aromatic N) is 1. The lowest BCUT2D eigenvalue weighted by molar-refractivity contribution is -0.487. The first-order chi connectivity index (χ1) is 4.31. The van der Waals surface area contributed by atoms with Crippen molar-refractivity contribution in [2.24, 2.45) is 5.34 Å². The number of rotatable bonds is 4. The first-order valence-electron chi connectivity index (χ1n) is 1.63. The van der Waals surface area contributed by atoms with Crippen molar-refractivity contribution in [1.82, 2.24) is 0 Å². The fourth-order valence-corrected chi connectivity index (χ4v) is 0.0808. The molecule has 0 heterocycles. The van der Waals surface area contributed by atoms with Gasteiger partial charge in [-0.2, -0.15) is 0 Å². The summed E-state index contributed by atoms with van der Waals surface area (Å²) in [6, 6.07) is 0. The van der Waals surface area contributed by atoms with Gasteiger partial charge in [-0.25, -0.2) is 9.68 Å². The van der Waals surface area contributed by atoms with E-state index < -0.39 is 5.97 Å². The van der Waals surface area contributed by atoms with E-state index in [1.807, 2.05) is 0 Å². The Morgan fingerprint density at radius 3 is 2.67 bits per heavy atom. The largest absolute Gasteiger partial charge is 0.409 e. The van der Waals surface area contributed by atoms with Crippen LogP contribution in [0.2, 0.25) is 0 Å². The first kappa shape index (κ1) is 7.50. The quantitative estimate of drug-likeness (QED) is 0.126. The van der Waals surface area contributed by atoms with Gasteiger partial charge in [-0.15, -0.1) is 9.90 Å². The fourth-order valence-electron chi connectivity index (χ4n) is 0.0808. The van der Waals surface area contributed by atoms with Crippen molar-refractivity contribution in [3.63, 3.8) is 0 Å². The van der Waals surface area contributed by atoms with Gasteiger partial charge < -0.3 is 0 Å². The van der Waals surface area contributed by atoms with E-state index in [1.165, 1.54) is 0 Å². The fraction of sp³-hybridized carbons (Fsp3) is 0. The van der Waals surface area contributed by atoms with E-state index in [-0.39, 0.29) is 6.29 Å². The first-order valence-corrected chi connectivity index (χ1v) is 1.63. The molecule has 0 spiro atoms. The van der Waals surface area contributed by atoms with Gasteiger partial charge in [0.05, 0.1) is 5.04 Å². The van der Waals surface area contributed by atoms with Gasteiger partial charge >= 0.3 is 5.97 Å². The van der Waals surface area contributed by atoms with Crippen LogP contribution in [0.1, 0.15) is 0 Å². The van der Waals surface area contributed by atoms with Gasteiger partial charge in [-0.05, 0) is 0 Å². The molecule has 0 amide bonds.